The van der Waals surface area contributed by atoms with Crippen LogP contribution in [0.15, 0.2) is 48.7 Å². The van der Waals surface area contributed by atoms with E-state index in [1.165, 1.54) is 7.11 Å². The lowest BCUT2D eigenvalue weighted by Crippen LogP contribution is -2.42. The minimum atomic E-state index is -0.277. The zero-order chi connectivity index (χ0) is 22.9. The first-order valence-electron chi connectivity index (χ1n) is 10.8. The smallest absolute Gasteiger partial charge is 0.351 e. The Labute approximate surface area is 190 Å². The van der Waals surface area contributed by atoms with Crippen molar-refractivity contribution in [2.45, 2.75) is 18.9 Å². The fraction of sp³-hybridized carbons (Fsp3) is 0.304. The first-order valence-corrected chi connectivity index (χ1v) is 10.8. The topological polar surface area (TPSA) is 148 Å². The van der Waals surface area contributed by atoms with E-state index in [0.717, 1.165) is 28.9 Å². The third-order valence-corrected chi connectivity index (χ3v) is 6.36. The van der Waals surface area contributed by atoms with Gasteiger partial charge in [0.15, 0.2) is 0 Å². The number of carbonyl (C=O) groups excluding carboxylic acids is 2. The van der Waals surface area contributed by atoms with Crippen molar-refractivity contribution in [2.24, 2.45) is 23.5 Å². The summed E-state index contributed by atoms with van der Waals surface area (Å²) in [6.07, 6.45) is 7.26. The number of rotatable bonds is 8. The molecule has 4 atom stereocenters. The molecule has 2 amide bonds. The number of aromatic nitrogens is 3. The Kier molecular flexibility index (Phi) is 5.43. The van der Waals surface area contributed by atoms with Crippen molar-refractivity contribution in [3.05, 3.63) is 54.2 Å². The highest BCUT2D eigenvalue weighted by Crippen LogP contribution is 2.45. The number of allylic oxidation sites excluding steroid dienone is 1. The molecular weight excluding hydrogens is 422 g/mol. The van der Waals surface area contributed by atoms with E-state index in [-0.39, 0.29) is 42.0 Å². The van der Waals surface area contributed by atoms with Gasteiger partial charge in [0.1, 0.15) is 0 Å². The number of anilines is 3. The van der Waals surface area contributed by atoms with Crippen LogP contribution in [0.3, 0.4) is 0 Å². The monoisotopic (exact) mass is 448 g/mol. The molecule has 2 aliphatic carbocycles. The van der Waals surface area contributed by atoms with Gasteiger partial charge in [0.2, 0.25) is 23.3 Å². The lowest BCUT2D eigenvalue weighted by Gasteiger charge is -2.25. The largest absolute Gasteiger partial charge is 0.369 e. The SMILES string of the molecule is CONC(=O)Cc1ccc(Nc2nc3[nH]ccc3c(NC3C4C=CC(C4)C3C(N)=O)[nH+]2)cc1. The fourth-order valence-corrected chi connectivity index (χ4v) is 4.90. The molecule has 0 saturated heterocycles. The number of benzene rings is 1. The summed E-state index contributed by atoms with van der Waals surface area (Å²) in [6.45, 7) is 0. The van der Waals surface area contributed by atoms with E-state index in [0.29, 0.717) is 11.6 Å². The third-order valence-electron chi connectivity index (χ3n) is 6.36. The van der Waals surface area contributed by atoms with Crippen LogP contribution in [-0.2, 0) is 20.8 Å². The molecule has 10 heteroatoms. The predicted octanol–water partition coefficient (Wildman–Crippen LogP) is 1.43. The van der Waals surface area contributed by atoms with E-state index < -0.39 is 0 Å². The Morgan fingerprint density at radius 3 is 2.76 bits per heavy atom. The van der Waals surface area contributed by atoms with E-state index in [9.17, 15) is 9.59 Å². The number of primary amides is 1. The third kappa shape index (κ3) is 4.12. The summed E-state index contributed by atoms with van der Waals surface area (Å²) in [7, 11) is 1.40. The van der Waals surface area contributed by atoms with E-state index in [1.54, 1.807) is 0 Å². The van der Waals surface area contributed by atoms with Crippen molar-refractivity contribution in [1.82, 2.24) is 15.4 Å². The maximum Gasteiger partial charge on any atom is 0.351 e. The van der Waals surface area contributed by atoms with Crippen LogP contribution in [0.25, 0.3) is 11.0 Å². The number of hydrogen-bond acceptors (Lipinski definition) is 6. The molecule has 0 radical (unpaired) electrons. The fourth-order valence-electron chi connectivity index (χ4n) is 4.90. The molecule has 1 saturated carbocycles. The second kappa shape index (κ2) is 8.55. The van der Waals surface area contributed by atoms with Crippen LogP contribution in [0.4, 0.5) is 17.5 Å². The number of nitrogens with one attached hydrogen (secondary N) is 5. The molecule has 3 aromatic rings. The summed E-state index contributed by atoms with van der Waals surface area (Å²) in [4.78, 5) is 39.5. The molecule has 2 bridgehead atoms. The molecule has 4 unspecified atom stereocenters. The summed E-state index contributed by atoms with van der Waals surface area (Å²) in [5.74, 6) is 1.03. The van der Waals surface area contributed by atoms with Gasteiger partial charge in [0.25, 0.3) is 0 Å². The van der Waals surface area contributed by atoms with E-state index >= 15 is 0 Å². The average molecular weight is 449 g/mol. The minimum absolute atomic E-state index is 0.0698. The molecule has 10 nitrogen and oxygen atoms in total. The van der Waals surface area contributed by atoms with Crippen LogP contribution in [0, 0.1) is 17.8 Å². The maximum atomic E-state index is 12.1. The number of amides is 2. The number of hydroxylamine groups is 1. The number of hydrogen-bond donors (Lipinski definition) is 5. The van der Waals surface area contributed by atoms with Gasteiger partial charge in [0, 0.05) is 12.1 Å². The Bertz CT molecular complexity index is 1220. The number of H-pyrrole nitrogens is 2. The van der Waals surface area contributed by atoms with Gasteiger partial charge in [-0.1, -0.05) is 29.3 Å². The maximum absolute atomic E-state index is 12.1. The molecule has 33 heavy (non-hydrogen) atoms. The number of nitrogens with zero attached hydrogens (tertiary/aromatic N) is 1. The second-order valence-electron chi connectivity index (χ2n) is 8.48. The quantitative estimate of drug-likeness (QED) is 0.260. The Morgan fingerprint density at radius 1 is 1.21 bits per heavy atom. The summed E-state index contributed by atoms with van der Waals surface area (Å²) in [6, 6.07) is 9.35. The molecule has 0 spiro atoms. The second-order valence-corrected chi connectivity index (χ2v) is 8.48. The predicted molar refractivity (Wildman–Crippen MR) is 122 cm³/mol. The van der Waals surface area contributed by atoms with Crippen LogP contribution in [0.1, 0.15) is 12.0 Å². The van der Waals surface area contributed by atoms with Gasteiger partial charge in [-0.25, -0.2) is 10.5 Å². The first-order chi connectivity index (χ1) is 16.0. The number of carbonyl (C=O) groups is 2. The lowest BCUT2D eigenvalue weighted by atomic mass is 9.88. The highest BCUT2D eigenvalue weighted by Gasteiger charge is 2.49. The zero-order valence-electron chi connectivity index (χ0n) is 18.1. The van der Waals surface area contributed by atoms with Gasteiger partial charge in [-0.15, -0.1) is 0 Å². The molecule has 2 aromatic heterocycles. The highest BCUT2D eigenvalue weighted by molar-refractivity contribution is 5.87. The van der Waals surface area contributed by atoms with Gasteiger partial charge in [-0.3, -0.25) is 19.7 Å². The van der Waals surface area contributed by atoms with Gasteiger partial charge in [0.05, 0.1) is 36.6 Å². The van der Waals surface area contributed by atoms with Crippen molar-refractivity contribution >= 4 is 40.3 Å². The van der Waals surface area contributed by atoms with Crippen LogP contribution in [-0.4, -0.2) is 34.9 Å². The molecule has 170 valence electrons. The number of fused-ring (bicyclic) bond motifs is 3. The van der Waals surface area contributed by atoms with Crippen molar-refractivity contribution < 1.29 is 19.4 Å². The molecule has 1 fully saturated rings. The van der Waals surface area contributed by atoms with Crippen LogP contribution in [0.5, 0.6) is 0 Å². The zero-order valence-corrected chi connectivity index (χ0v) is 18.1. The van der Waals surface area contributed by atoms with Crippen LogP contribution in [0.2, 0.25) is 0 Å². The Hall–Kier alpha value is -3.92. The van der Waals surface area contributed by atoms with Gasteiger partial charge in [-0.2, -0.15) is 0 Å². The summed E-state index contributed by atoms with van der Waals surface area (Å²) >= 11 is 0. The number of aromatic amines is 2. The van der Waals surface area contributed by atoms with E-state index in [2.05, 4.69) is 48.1 Å². The summed E-state index contributed by atoms with van der Waals surface area (Å²) < 4.78 is 0. The molecule has 7 N–H and O–H groups in total. The average Bonchev–Trinajstić information content (AvgIpc) is 3.51. The minimum Gasteiger partial charge on any atom is -0.369 e. The Morgan fingerprint density at radius 2 is 2.00 bits per heavy atom. The molecule has 5 rings (SSSR count). The van der Waals surface area contributed by atoms with E-state index in [4.69, 9.17) is 5.73 Å². The molecule has 2 heterocycles. The highest BCUT2D eigenvalue weighted by atomic mass is 16.6. The summed E-state index contributed by atoms with van der Waals surface area (Å²) in [5, 5.41) is 7.70. The van der Waals surface area contributed by atoms with Crippen molar-refractivity contribution in [1.29, 1.82) is 0 Å². The van der Waals surface area contributed by atoms with Crippen molar-refractivity contribution in [3.8, 4) is 0 Å². The normalized spacial score (nSPS) is 23.1. The number of nitrogens with two attached hydrogens (primary N) is 1. The van der Waals surface area contributed by atoms with Gasteiger partial charge < -0.3 is 16.0 Å². The molecule has 0 aliphatic heterocycles. The van der Waals surface area contributed by atoms with Gasteiger partial charge >= 0.3 is 5.95 Å². The summed E-state index contributed by atoms with van der Waals surface area (Å²) in [5.41, 5.74) is 10.4. The lowest BCUT2D eigenvalue weighted by molar-refractivity contribution is -0.346. The first kappa shape index (κ1) is 21.0. The Balaban J connectivity index is 1.37. The van der Waals surface area contributed by atoms with Crippen molar-refractivity contribution in [3.63, 3.8) is 0 Å². The van der Waals surface area contributed by atoms with Crippen molar-refractivity contribution in [2.75, 3.05) is 17.7 Å². The standard InChI is InChI=1S/C23H25N7O3/c1-33-30-17(31)10-12-2-6-15(7-3-12)26-23-28-21-16(8-9-25-21)22(29-23)27-19-14-5-4-13(11-14)18(19)20(24)32/h2-9,13-14,18-19H,10-11H2,1H3,(H2,24,32)(H,30,31)(H3,25,26,27,28,29)/p+1. The van der Waals surface area contributed by atoms with Crippen LogP contribution < -0.4 is 26.8 Å². The molecule has 2 aliphatic rings. The van der Waals surface area contributed by atoms with Gasteiger partial charge in [-0.05, 0) is 36.1 Å². The van der Waals surface area contributed by atoms with Crippen LogP contribution >= 0.6 is 0 Å². The molecule has 1 aromatic carbocycles. The van der Waals surface area contributed by atoms with E-state index in [1.807, 2.05) is 36.5 Å². The molecular formula is C23H26N7O3+.